The van der Waals surface area contributed by atoms with Crippen LogP contribution in [-0.4, -0.2) is 52.2 Å². The first kappa shape index (κ1) is 19.9. The highest BCUT2D eigenvalue weighted by Gasteiger charge is 2.31. The zero-order chi connectivity index (χ0) is 21.3. The molecule has 1 saturated heterocycles. The monoisotopic (exact) mass is 417 g/mol. The minimum absolute atomic E-state index is 0.233. The Kier molecular flexibility index (Phi) is 5.15. The van der Waals surface area contributed by atoms with Gasteiger partial charge in [0.25, 0.3) is 11.8 Å². The molecule has 0 unspecified atom stereocenters. The Labute approximate surface area is 170 Å². The maximum atomic E-state index is 12.7. The Bertz CT molecular complexity index is 1040. The van der Waals surface area contributed by atoms with E-state index >= 15 is 0 Å². The van der Waals surface area contributed by atoms with Crippen molar-refractivity contribution in [2.75, 3.05) is 31.1 Å². The molecule has 3 heterocycles. The number of nitrogens with zero attached hydrogens (tertiary/aromatic N) is 5. The number of hydrogen-bond donors (Lipinski definition) is 0. The molecule has 0 radical (unpaired) electrons. The fraction of sp³-hybridized carbons (Fsp3) is 0.300. The number of aromatic nitrogens is 3. The van der Waals surface area contributed by atoms with E-state index < -0.39 is 11.7 Å². The van der Waals surface area contributed by atoms with Gasteiger partial charge in [-0.2, -0.15) is 13.2 Å². The number of rotatable bonds is 3. The lowest BCUT2D eigenvalue weighted by atomic mass is 10.1. The Morgan fingerprint density at radius 1 is 1.03 bits per heavy atom. The summed E-state index contributed by atoms with van der Waals surface area (Å²) in [5, 5.41) is 7.90. The van der Waals surface area contributed by atoms with Crippen LogP contribution in [0.4, 0.5) is 19.0 Å². The molecular weight excluding hydrogens is 399 g/mol. The first-order valence-corrected chi connectivity index (χ1v) is 9.30. The number of pyridine rings is 1. The zero-order valence-corrected chi connectivity index (χ0v) is 16.1. The van der Waals surface area contributed by atoms with Gasteiger partial charge in [0.05, 0.1) is 11.1 Å². The zero-order valence-electron chi connectivity index (χ0n) is 16.1. The summed E-state index contributed by atoms with van der Waals surface area (Å²) < 4.78 is 43.7. The second kappa shape index (κ2) is 7.77. The molecule has 0 atom stereocenters. The smallest absolute Gasteiger partial charge is 0.416 e. The molecule has 0 spiro atoms. The Morgan fingerprint density at radius 2 is 1.73 bits per heavy atom. The van der Waals surface area contributed by atoms with E-state index in [1.807, 2.05) is 11.0 Å². The third-order valence-corrected chi connectivity index (χ3v) is 4.87. The quantitative estimate of drug-likeness (QED) is 0.650. The highest BCUT2D eigenvalue weighted by Crippen LogP contribution is 2.30. The maximum absolute atomic E-state index is 12.7. The van der Waals surface area contributed by atoms with Gasteiger partial charge >= 0.3 is 6.18 Å². The summed E-state index contributed by atoms with van der Waals surface area (Å²) in [7, 11) is 0. The van der Waals surface area contributed by atoms with Crippen LogP contribution in [0.25, 0.3) is 11.5 Å². The summed E-state index contributed by atoms with van der Waals surface area (Å²) >= 11 is 0. The van der Waals surface area contributed by atoms with E-state index in [1.54, 1.807) is 24.1 Å². The topological polar surface area (TPSA) is 75.4 Å². The highest BCUT2D eigenvalue weighted by molar-refractivity contribution is 5.94. The van der Waals surface area contributed by atoms with Crippen molar-refractivity contribution in [3.8, 4) is 11.5 Å². The van der Waals surface area contributed by atoms with Crippen molar-refractivity contribution >= 4 is 11.7 Å². The number of aryl methyl sites for hydroxylation is 1. The van der Waals surface area contributed by atoms with Crippen molar-refractivity contribution in [1.29, 1.82) is 0 Å². The fourth-order valence-corrected chi connectivity index (χ4v) is 3.33. The Morgan fingerprint density at radius 3 is 2.33 bits per heavy atom. The summed E-state index contributed by atoms with van der Waals surface area (Å²) in [5.74, 6) is 1.21. The summed E-state index contributed by atoms with van der Waals surface area (Å²) in [6.45, 7) is 3.57. The third kappa shape index (κ3) is 3.98. The molecule has 1 aliphatic rings. The molecule has 0 aliphatic carbocycles. The molecular formula is C20H18F3N5O2. The molecule has 7 nitrogen and oxygen atoms in total. The van der Waals surface area contributed by atoms with Gasteiger partial charge in [-0.25, -0.2) is 4.98 Å². The number of anilines is 1. The van der Waals surface area contributed by atoms with Crippen LogP contribution in [0.1, 0.15) is 21.8 Å². The molecule has 1 aromatic carbocycles. The predicted molar refractivity (Wildman–Crippen MR) is 102 cm³/mol. The number of amides is 1. The lowest BCUT2D eigenvalue weighted by molar-refractivity contribution is -0.137. The average Bonchev–Trinajstić information content (AvgIpc) is 3.19. The largest absolute Gasteiger partial charge is 0.421 e. The molecule has 3 aromatic rings. The number of hydrogen-bond acceptors (Lipinski definition) is 6. The van der Waals surface area contributed by atoms with Crippen LogP contribution in [0.2, 0.25) is 0 Å². The summed E-state index contributed by atoms with van der Waals surface area (Å²) in [4.78, 5) is 20.8. The van der Waals surface area contributed by atoms with E-state index in [4.69, 9.17) is 4.42 Å². The van der Waals surface area contributed by atoms with E-state index in [0.717, 1.165) is 12.1 Å². The highest BCUT2D eigenvalue weighted by atomic mass is 19.4. The van der Waals surface area contributed by atoms with Gasteiger partial charge in [0.1, 0.15) is 5.82 Å². The van der Waals surface area contributed by atoms with E-state index in [2.05, 4.69) is 15.2 Å². The number of halogens is 3. The number of alkyl halides is 3. The molecule has 1 amide bonds. The predicted octanol–water partition coefficient (Wildman–Crippen LogP) is 3.42. The van der Waals surface area contributed by atoms with Gasteiger partial charge in [0.2, 0.25) is 5.89 Å². The lowest BCUT2D eigenvalue weighted by Crippen LogP contribution is -2.49. The van der Waals surface area contributed by atoms with Crippen molar-refractivity contribution in [3.63, 3.8) is 0 Å². The molecule has 2 aromatic heterocycles. The first-order valence-electron chi connectivity index (χ1n) is 9.30. The minimum atomic E-state index is -4.43. The van der Waals surface area contributed by atoms with Gasteiger partial charge in [0.15, 0.2) is 0 Å². The van der Waals surface area contributed by atoms with Crippen molar-refractivity contribution in [1.82, 2.24) is 20.1 Å². The second-order valence-corrected chi connectivity index (χ2v) is 6.86. The molecule has 156 valence electrons. The van der Waals surface area contributed by atoms with Gasteiger partial charge in [0, 0.05) is 44.9 Å². The average molecular weight is 417 g/mol. The first-order chi connectivity index (χ1) is 14.3. The van der Waals surface area contributed by atoms with E-state index in [0.29, 0.717) is 49.3 Å². The van der Waals surface area contributed by atoms with E-state index in [1.165, 1.54) is 12.1 Å². The summed E-state index contributed by atoms with van der Waals surface area (Å²) in [5.41, 5.74) is 0.166. The van der Waals surface area contributed by atoms with Crippen molar-refractivity contribution < 1.29 is 22.4 Å². The van der Waals surface area contributed by atoms with Crippen LogP contribution in [0.15, 0.2) is 47.0 Å². The van der Waals surface area contributed by atoms with Crippen LogP contribution in [0, 0.1) is 6.92 Å². The summed E-state index contributed by atoms with van der Waals surface area (Å²) in [6, 6.07) is 7.91. The van der Waals surface area contributed by atoms with Gasteiger partial charge in [-0.15, -0.1) is 10.2 Å². The molecule has 10 heteroatoms. The van der Waals surface area contributed by atoms with E-state index in [9.17, 15) is 18.0 Å². The molecule has 4 rings (SSSR count). The van der Waals surface area contributed by atoms with Crippen LogP contribution in [0.3, 0.4) is 0 Å². The number of piperazine rings is 1. The normalized spacial score (nSPS) is 14.8. The van der Waals surface area contributed by atoms with Crippen molar-refractivity contribution in [3.05, 3.63) is 59.6 Å². The molecule has 30 heavy (non-hydrogen) atoms. The van der Waals surface area contributed by atoms with Gasteiger partial charge in [-0.05, 0) is 36.4 Å². The maximum Gasteiger partial charge on any atom is 0.416 e. The fourth-order valence-electron chi connectivity index (χ4n) is 3.33. The van der Waals surface area contributed by atoms with Crippen LogP contribution in [0.5, 0.6) is 0 Å². The molecule has 1 aliphatic heterocycles. The van der Waals surface area contributed by atoms with Crippen LogP contribution in [-0.2, 0) is 6.18 Å². The van der Waals surface area contributed by atoms with Gasteiger partial charge in [-0.1, -0.05) is 0 Å². The number of carbonyl (C=O) groups excluding carboxylic acids is 1. The van der Waals surface area contributed by atoms with Gasteiger partial charge in [-0.3, -0.25) is 4.79 Å². The standard InChI is InChI=1S/C20H18F3N5O2/c1-13-25-26-18(30-13)16-3-2-8-24-17(16)27-9-11-28(12-10-27)19(29)14-4-6-15(7-5-14)20(21,22)23/h2-8H,9-12H2,1H3. The second-order valence-electron chi connectivity index (χ2n) is 6.86. The molecule has 1 fully saturated rings. The Balaban J connectivity index is 1.45. The van der Waals surface area contributed by atoms with Crippen molar-refractivity contribution in [2.24, 2.45) is 0 Å². The van der Waals surface area contributed by atoms with Crippen molar-refractivity contribution in [2.45, 2.75) is 13.1 Å². The SMILES string of the molecule is Cc1nnc(-c2cccnc2N2CCN(C(=O)c3ccc(C(F)(F)F)cc3)CC2)o1. The molecule has 0 N–H and O–H groups in total. The third-order valence-electron chi connectivity index (χ3n) is 4.87. The van der Waals surface area contributed by atoms with E-state index in [-0.39, 0.29) is 11.5 Å². The molecule has 0 bridgehead atoms. The van der Waals surface area contributed by atoms with Gasteiger partial charge < -0.3 is 14.2 Å². The van der Waals surface area contributed by atoms with Crippen LogP contribution < -0.4 is 4.90 Å². The Hall–Kier alpha value is -3.43. The minimum Gasteiger partial charge on any atom is -0.421 e. The number of carbonyl (C=O) groups is 1. The number of benzene rings is 1. The molecule has 0 saturated carbocycles. The lowest BCUT2D eigenvalue weighted by Gasteiger charge is -2.36. The summed E-state index contributed by atoms with van der Waals surface area (Å²) in [6.07, 6.45) is -2.76. The van der Waals surface area contributed by atoms with Crippen LogP contribution >= 0.6 is 0 Å².